The van der Waals surface area contributed by atoms with Gasteiger partial charge in [-0.05, 0) is 60.7 Å². The minimum atomic E-state index is 0.743. The molecule has 0 saturated carbocycles. The first kappa shape index (κ1) is 25.1. The standard InChI is InChI=1S/C42H25NO3/c1-2-15-31-32-22-23-33-34-25-26(43-35-16-6-3-11-27(35)28-12-4-7-17-36(28)43)21-24-40(34)46-42(33)41(32)45-39(31)20-10-9-19-38-29(13-1)30-14-5-8-18-37(30)44-38/h1-25H/b2-1?,10-9?,13-1+,15-2+,19-9-,20-10-,29-13?,31-15?,38-19?,39-20?. The van der Waals surface area contributed by atoms with Crippen molar-refractivity contribution in [1.29, 1.82) is 0 Å². The van der Waals surface area contributed by atoms with Gasteiger partial charge < -0.3 is 17.8 Å². The van der Waals surface area contributed by atoms with Crippen molar-refractivity contribution in [2.45, 2.75) is 0 Å². The van der Waals surface area contributed by atoms with Gasteiger partial charge in [-0.3, -0.25) is 0 Å². The van der Waals surface area contributed by atoms with Crippen LogP contribution in [0.2, 0.25) is 0 Å². The lowest BCUT2D eigenvalue weighted by Gasteiger charge is -2.07. The zero-order valence-electron chi connectivity index (χ0n) is 24.6. The van der Waals surface area contributed by atoms with Gasteiger partial charge in [-0.25, -0.2) is 0 Å². The Kier molecular flexibility index (Phi) is 5.25. The Hall–Kier alpha value is -6.26. The van der Waals surface area contributed by atoms with Crippen LogP contribution in [0.4, 0.5) is 0 Å². The fourth-order valence-electron chi connectivity index (χ4n) is 7.02. The molecule has 1 aliphatic carbocycles. The number of para-hydroxylation sites is 3. The van der Waals surface area contributed by atoms with E-state index in [1.807, 2.05) is 42.5 Å². The molecule has 10 rings (SSSR count). The van der Waals surface area contributed by atoms with Gasteiger partial charge in [0.05, 0.1) is 11.0 Å². The summed E-state index contributed by atoms with van der Waals surface area (Å²) in [5, 5.41) is 6.67. The van der Waals surface area contributed by atoms with E-state index in [4.69, 9.17) is 13.3 Å². The molecule has 0 spiro atoms. The van der Waals surface area contributed by atoms with Crippen molar-refractivity contribution in [3.8, 4) is 5.69 Å². The van der Waals surface area contributed by atoms with Gasteiger partial charge in [0.2, 0.25) is 0 Å². The highest BCUT2D eigenvalue weighted by atomic mass is 16.4. The number of nitrogens with zero attached hydrogens (tertiary/aromatic N) is 1. The lowest BCUT2D eigenvalue weighted by molar-refractivity contribution is 0.590. The molecule has 1 aliphatic rings. The minimum absolute atomic E-state index is 0.743. The van der Waals surface area contributed by atoms with E-state index in [9.17, 15) is 0 Å². The summed E-state index contributed by atoms with van der Waals surface area (Å²) in [6, 6.07) is 36.0. The van der Waals surface area contributed by atoms with Crippen LogP contribution in [-0.4, -0.2) is 4.57 Å². The van der Waals surface area contributed by atoms with E-state index >= 15 is 0 Å². The quantitative estimate of drug-likeness (QED) is 0.191. The van der Waals surface area contributed by atoms with Gasteiger partial charge in [0, 0.05) is 49.1 Å². The maximum atomic E-state index is 6.55. The number of aromatic nitrogens is 1. The second-order valence-corrected chi connectivity index (χ2v) is 11.7. The Labute approximate surface area is 263 Å². The summed E-state index contributed by atoms with van der Waals surface area (Å²) < 4.78 is 21.5. The zero-order chi connectivity index (χ0) is 30.2. The first-order valence-electron chi connectivity index (χ1n) is 15.4. The monoisotopic (exact) mass is 591 g/mol. The van der Waals surface area contributed by atoms with E-state index < -0.39 is 0 Å². The van der Waals surface area contributed by atoms with E-state index in [0.717, 1.165) is 72.2 Å². The van der Waals surface area contributed by atoms with Crippen LogP contribution in [0.15, 0.2) is 141 Å². The van der Waals surface area contributed by atoms with Gasteiger partial charge in [-0.1, -0.05) is 91.1 Å². The minimum Gasteiger partial charge on any atom is -0.456 e. The molecule has 5 aromatic carbocycles. The van der Waals surface area contributed by atoms with Gasteiger partial charge >= 0.3 is 0 Å². The normalized spacial score (nSPS) is 16.1. The first-order chi connectivity index (χ1) is 22.8. The lowest BCUT2D eigenvalue weighted by Crippen LogP contribution is -1.93. The van der Waals surface area contributed by atoms with Crippen LogP contribution in [0.1, 0.15) is 22.6 Å². The molecule has 4 heterocycles. The van der Waals surface area contributed by atoms with Crippen molar-refractivity contribution in [2.75, 3.05) is 0 Å². The third kappa shape index (κ3) is 3.61. The molecular weight excluding hydrogens is 566 g/mol. The van der Waals surface area contributed by atoms with Crippen molar-refractivity contribution >= 4 is 90.0 Å². The Bertz CT molecular complexity index is 2750. The second-order valence-electron chi connectivity index (χ2n) is 11.7. The molecular formula is C42H25NO3. The van der Waals surface area contributed by atoms with Crippen LogP contribution in [0, 0.1) is 0 Å². The summed E-state index contributed by atoms with van der Waals surface area (Å²) in [5.74, 6) is 1.60. The van der Waals surface area contributed by atoms with Crippen LogP contribution in [0.3, 0.4) is 0 Å². The number of allylic oxidation sites excluding steroid dienone is 4. The van der Waals surface area contributed by atoms with E-state index in [2.05, 4.69) is 114 Å². The van der Waals surface area contributed by atoms with Gasteiger partial charge in [0.25, 0.3) is 0 Å². The Morgan fingerprint density at radius 3 is 1.72 bits per heavy atom. The third-order valence-electron chi connectivity index (χ3n) is 9.09. The van der Waals surface area contributed by atoms with E-state index in [0.29, 0.717) is 0 Å². The lowest BCUT2D eigenvalue weighted by atomic mass is 10.1. The molecule has 0 unspecified atom stereocenters. The molecule has 4 heteroatoms. The highest BCUT2D eigenvalue weighted by Gasteiger charge is 2.19. The Morgan fingerprint density at radius 2 is 0.957 bits per heavy atom. The highest BCUT2D eigenvalue weighted by molar-refractivity contribution is 6.16. The maximum Gasteiger partial charge on any atom is 0.178 e. The SMILES string of the molecule is C1=C\c2oc3ccccc3c2/C=C/C=C/c2c(oc3c2ccc2c4cc(-n5c6ccccc6c6ccccc65)ccc4oc23)\C=C/1. The number of hydrogen-bond acceptors (Lipinski definition) is 3. The summed E-state index contributed by atoms with van der Waals surface area (Å²) in [7, 11) is 0. The van der Waals surface area contributed by atoms with Crippen LogP contribution in [0.5, 0.6) is 0 Å². The summed E-state index contributed by atoms with van der Waals surface area (Å²) >= 11 is 0. The Morgan fingerprint density at radius 1 is 0.391 bits per heavy atom. The molecule has 4 aromatic heterocycles. The topological polar surface area (TPSA) is 44.4 Å². The fraction of sp³-hybridized carbons (Fsp3) is 0. The van der Waals surface area contributed by atoms with Crippen molar-refractivity contribution in [3.05, 3.63) is 150 Å². The summed E-state index contributed by atoms with van der Waals surface area (Å²) in [6.07, 6.45) is 16.3. The van der Waals surface area contributed by atoms with Crippen LogP contribution < -0.4 is 0 Å². The van der Waals surface area contributed by atoms with Crippen molar-refractivity contribution in [1.82, 2.24) is 4.57 Å². The van der Waals surface area contributed by atoms with Crippen LogP contribution in [0.25, 0.3) is 95.7 Å². The summed E-state index contributed by atoms with van der Waals surface area (Å²) in [5.41, 5.74) is 8.72. The molecule has 0 aliphatic heterocycles. The van der Waals surface area contributed by atoms with Crippen molar-refractivity contribution < 1.29 is 13.3 Å². The van der Waals surface area contributed by atoms with E-state index in [1.165, 1.54) is 21.8 Å². The molecule has 0 amide bonds. The summed E-state index contributed by atoms with van der Waals surface area (Å²) in [6.45, 7) is 0. The number of benzene rings is 5. The average Bonchev–Trinajstić information content (AvgIpc) is 3.83. The molecule has 0 radical (unpaired) electrons. The maximum absolute atomic E-state index is 6.55. The van der Waals surface area contributed by atoms with E-state index in [1.54, 1.807) is 0 Å². The predicted octanol–water partition coefficient (Wildman–Crippen LogP) is 11.9. The van der Waals surface area contributed by atoms with Crippen molar-refractivity contribution in [3.63, 3.8) is 0 Å². The third-order valence-corrected chi connectivity index (χ3v) is 9.09. The van der Waals surface area contributed by atoms with Gasteiger partial charge in [-0.15, -0.1) is 0 Å². The number of hydrogen-bond donors (Lipinski definition) is 0. The Balaban J connectivity index is 1.13. The van der Waals surface area contributed by atoms with E-state index in [-0.39, 0.29) is 0 Å². The van der Waals surface area contributed by atoms with Gasteiger partial charge in [0.1, 0.15) is 22.7 Å². The fourth-order valence-corrected chi connectivity index (χ4v) is 7.02. The molecule has 46 heavy (non-hydrogen) atoms. The highest BCUT2D eigenvalue weighted by Crippen LogP contribution is 2.40. The van der Waals surface area contributed by atoms with Crippen LogP contribution >= 0.6 is 0 Å². The number of rotatable bonds is 1. The van der Waals surface area contributed by atoms with Crippen LogP contribution in [-0.2, 0) is 0 Å². The van der Waals surface area contributed by atoms with Crippen molar-refractivity contribution in [2.24, 2.45) is 0 Å². The average molecular weight is 592 g/mol. The smallest absolute Gasteiger partial charge is 0.178 e. The molecule has 4 nitrogen and oxygen atoms in total. The second kappa shape index (κ2) is 9.62. The predicted molar refractivity (Wildman–Crippen MR) is 190 cm³/mol. The molecule has 0 bridgehead atoms. The first-order valence-corrected chi connectivity index (χ1v) is 15.4. The largest absolute Gasteiger partial charge is 0.456 e. The summed E-state index contributed by atoms with van der Waals surface area (Å²) in [4.78, 5) is 0. The molecule has 9 aromatic rings. The zero-order valence-corrected chi connectivity index (χ0v) is 24.6. The van der Waals surface area contributed by atoms with Gasteiger partial charge in [-0.2, -0.15) is 0 Å². The number of furan rings is 3. The molecule has 0 N–H and O–H groups in total. The molecule has 0 saturated heterocycles. The van der Waals surface area contributed by atoms with Gasteiger partial charge in [0.15, 0.2) is 11.2 Å². The molecule has 216 valence electrons. The molecule has 0 atom stereocenters. The number of fused-ring (bicyclic) bond motifs is 13. The molecule has 0 fully saturated rings.